The van der Waals surface area contributed by atoms with Crippen LogP contribution in [0, 0.1) is 5.82 Å². The molecule has 0 spiro atoms. The normalized spacial score (nSPS) is 17.9. The molecule has 1 saturated heterocycles. The van der Waals surface area contributed by atoms with Crippen molar-refractivity contribution in [3.05, 3.63) is 54.7 Å². The average molecular weight is 438 g/mol. The number of halogens is 1. The monoisotopic (exact) mass is 438 g/mol. The number of cyclic esters (lactones) is 1. The number of anilines is 3. The van der Waals surface area contributed by atoms with Crippen molar-refractivity contribution in [1.82, 2.24) is 10.1 Å². The molecule has 1 N–H and O–H groups in total. The van der Waals surface area contributed by atoms with E-state index in [0.29, 0.717) is 54.7 Å². The summed E-state index contributed by atoms with van der Waals surface area (Å²) in [6, 6.07) is 9.90. The minimum Gasteiger partial charge on any atom is -0.442 e. The molecule has 11 heteroatoms. The Kier molecular flexibility index (Phi) is 5.28. The molecule has 0 saturated carbocycles. The van der Waals surface area contributed by atoms with Gasteiger partial charge in [0.15, 0.2) is 5.82 Å². The molecule has 0 aliphatic carbocycles. The van der Waals surface area contributed by atoms with E-state index >= 15 is 0 Å². The minimum atomic E-state index is -0.526. The summed E-state index contributed by atoms with van der Waals surface area (Å²) in [6.07, 6.45) is 3.68. The molecule has 164 valence electrons. The van der Waals surface area contributed by atoms with Gasteiger partial charge in [-0.3, -0.25) is 4.90 Å². The van der Waals surface area contributed by atoms with Crippen molar-refractivity contribution in [3.8, 4) is 11.1 Å². The molecular weight excluding hydrogens is 419 g/mol. The number of amides is 1. The van der Waals surface area contributed by atoms with Gasteiger partial charge >= 0.3 is 6.09 Å². The van der Waals surface area contributed by atoms with Gasteiger partial charge < -0.3 is 24.3 Å². The summed E-state index contributed by atoms with van der Waals surface area (Å²) < 4.78 is 25.0. The van der Waals surface area contributed by atoms with E-state index < -0.39 is 18.0 Å². The fourth-order valence-electron chi connectivity index (χ4n) is 3.50. The maximum atomic E-state index is 14.9. The Bertz CT molecular complexity index is 1120. The SMILES string of the molecule is O=C1O[C@@H](CNc2ccon2)CN1c1ccc(-c2ccc(N3C=NOCC3)nc2)c(F)c1. The van der Waals surface area contributed by atoms with Crippen LogP contribution in [0.2, 0.25) is 0 Å². The van der Waals surface area contributed by atoms with Gasteiger partial charge in [-0.25, -0.2) is 14.2 Å². The van der Waals surface area contributed by atoms with E-state index in [0.717, 1.165) is 0 Å². The lowest BCUT2D eigenvalue weighted by molar-refractivity contribution is 0.144. The second kappa shape index (κ2) is 8.53. The van der Waals surface area contributed by atoms with Gasteiger partial charge in [0.05, 0.1) is 25.3 Å². The number of nitrogens with zero attached hydrogens (tertiary/aromatic N) is 5. The predicted molar refractivity (Wildman–Crippen MR) is 114 cm³/mol. The number of carbonyl (C=O) groups excluding carboxylic acids is 1. The third-order valence-corrected chi connectivity index (χ3v) is 5.12. The highest BCUT2D eigenvalue weighted by molar-refractivity contribution is 5.90. The topological polar surface area (TPSA) is 105 Å². The number of oxime groups is 1. The van der Waals surface area contributed by atoms with E-state index in [1.165, 1.54) is 17.2 Å². The molecule has 3 aromatic rings. The first-order valence-electron chi connectivity index (χ1n) is 9.98. The van der Waals surface area contributed by atoms with E-state index in [4.69, 9.17) is 14.1 Å². The van der Waals surface area contributed by atoms with Crippen molar-refractivity contribution in [2.45, 2.75) is 6.10 Å². The summed E-state index contributed by atoms with van der Waals surface area (Å²) in [5.41, 5.74) is 1.44. The molecular formula is C21H19FN6O4. The number of rotatable bonds is 6. The molecule has 1 fully saturated rings. The number of nitrogens with one attached hydrogen (secondary N) is 1. The highest BCUT2D eigenvalue weighted by Crippen LogP contribution is 2.29. The largest absolute Gasteiger partial charge is 0.442 e. The molecule has 10 nitrogen and oxygen atoms in total. The molecule has 4 heterocycles. The van der Waals surface area contributed by atoms with E-state index in [9.17, 15) is 9.18 Å². The highest BCUT2D eigenvalue weighted by atomic mass is 19.1. The van der Waals surface area contributed by atoms with E-state index in [1.54, 1.807) is 42.9 Å². The number of hydrogen-bond donors (Lipinski definition) is 1. The Hall–Kier alpha value is -4.15. The fourth-order valence-corrected chi connectivity index (χ4v) is 3.50. The van der Waals surface area contributed by atoms with Crippen LogP contribution in [-0.2, 0) is 9.57 Å². The van der Waals surface area contributed by atoms with E-state index in [2.05, 4.69) is 20.6 Å². The zero-order valence-electron chi connectivity index (χ0n) is 16.8. The lowest BCUT2D eigenvalue weighted by atomic mass is 10.1. The molecule has 5 rings (SSSR count). The summed E-state index contributed by atoms with van der Waals surface area (Å²) in [5.74, 6) is 0.792. The van der Waals surface area contributed by atoms with Crippen LogP contribution in [0.3, 0.4) is 0 Å². The van der Waals surface area contributed by atoms with Gasteiger partial charge in [-0.15, -0.1) is 0 Å². The second-order valence-corrected chi connectivity index (χ2v) is 7.20. The summed E-state index contributed by atoms with van der Waals surface area (Å²) in [4.78, 5) is 24.9. The van der Waals surface area contributed by atoms with Gasteiger partial charge in [0.1, 0.15) is 36.9 Å². The van der Waals surface area contributed by atoms with E-state index in [-0.39, 0.29) is 0 Å². The smallest absolute Gasteiger partial charge is 0.414 e. The van der Waals surface area contributed by atoms with Crippen LogP contribution < -0.4 is 15.1 Å². The Balaban J connectivity index is 1.27. The molecule has 0 radical (unpaired) electrons. The van der Waals surface area contributed by atoms with Crippen LogP contribution >= 0.6 is 0 Å². The summed E-state index contributed by atoms with van der Waals surface area (Å²) in [7, 11) is 0. The third kappa shape index (κ3) is 4.04. The van der Waals surface area contributed by atoms with Gasteiger partial charge in [0, 0.05) is 23.4 Å². The number of hydrogen-bond acceptors (Lipinski definition) is 9. The molecule has 0 unspecified atom stereocenters. The lowest BCUT2D eigenvalue weighted by Gasteiger charge is -2.20. The van der Waals surface area contributed by atoms with Gasteiger partial charge in [0.25, 0.3) is 0 Å². The Morgan fingerprint density at radius 1 is 1.22 bits per heavy atom. The number of benzene rings is 1. The summed E-state index contributed by atoms with van der Waals surface area (Å²) in [6.45, 7) is 1.77. The zero-order valence-corrected chi connectivity index (χ0v) is 16.8. The number of carbonyl (C=O) groups is 1. The number of aromatic nitrogens is 2. The Labute approximate surface area is 182 Å². The van der Waals surface area contributed by atoms with E-state index in [1.807, 2.05) is 4.90 Å². The maximum absolute atomic E-state index is 14.9. The van der Waals surface area contributed by atoms with Gasteiger partial charge in [-0.1, -0.05) is 10.3 Å². The van der Waals surface area contributed by atoms with Crippen LogP contribution in [0.25, 0.3) is 11.1 Å². The number of pyridine rings is 1. The van der Waals surface area contributed by atoms with Crippen LogP contribution in [0.15, 0.2) is 58.5 Å². The molecule has 0 bridgehead atoms. The molecule has 2 aromatic heterocycles. The van der Waals surface area contributed by atoms with Gasteiger partial charge in [-0.2, -0.15) is 0 Å². The van der Waals surface area contributed by atoms with Crippen molar-refractivity contribution < 1.29 is 23.3 Å². The average Bonchev–Trinajstić information content (AvgIpc) is 3.48. The van der Waals surface area contributed by atoms with Crippen molar-refractivity contribution >= 4 is 29.8 Å². The minimum absolute atomic E-state index is 0.291. The summed E-state index contributed by atoms with van der Waals surface area (Å²) >= 11 is 0. The van der Waals surface area contributed by atoms with Crippen molar-refractivity contribution in [2.75, 3.05) is 41.4 Å². The van der Waals surface area contributed by atoms with Crippen LogP contribution in [-0.4, -0.2) is 54.9 Å². The number of ether oxygens (including phenoxy) is 1. The highest BCUT2D eigenvalue weighted by Gasteiger charge is 2.32. The first-order chi connectivity index (χ1) is 15.7. The fraction of sp³-hybridized carbons (Fsp3) is 0.238. The lowest BCUT2D eigenvalue weighted by Crippen LogP contribution is -2.29. The molecule has 2 aliphatic heterocycles. The van der Waals surface area contributed by atoms with Crippen molar-refractivity contribution in [1.29, 1.82) is 0 Å². The third-order valence-electron chi connectivity index (χ3n) is 5.12. The quantitative estimate of drug-likeness (QED) is 0.626. The second-order valence-electron chi connectivity index (χ2n) is 7.20. The van der Waals surface area contributed by atoms with Crippen LogP contribution in [0.4, 0.5) is 26.5 Å². The zero-order chi connectivity index (χ0) is 21.9. The molecule has 1 aromatic carbocycles. The molecule has 1 amide bonds. The van der Waals surface area contributed by atoms with Gasteiger partial charge in [-0.05, 0) is 30.3 Å². The molecule has 2 aliphatic rings. The van der Waals surface area contributed by atoms with Gasteiger partial charge in [0.2, 0.25) is 0 Å². The van der Waals surface area contributed by atoms with Crippen LogP contribution in [0.1, 0.15) is 0 Å². The van der Waals surface area contributed by atoms with Crippen molar-refractivity contribution in [3.63, 3.8) is 0 Å². The standard InChI is InChI=1S/C21H19FN6O4/c22-18-9-15(28-12-16(32-21(28)29)11-23-19-5-7-31-26-19)2-3-17(18)14-1-4-20(24-10-14)27-6-8-30-25-13-27/h1-5,7,9-10,13,16H,6,8,11-12H2,(H,23,26)/t16-/m0/s1. The predicted octanol–water partition coefficient (Wildman–Crippen LogP) is 3.09. The molecule has 1 atom stereocenters. The Morgan fingerprint density at radius 3 is 2.88 bits per heavy atom. The molecule has 32 heavy (non-hydrogen) atoms. The van der Waals surface area contributed by atoms with Crippen molar-refractivity contribution in [2.24, 2.45) is 5.16 Å². The maximum Gasteiger partial charge on any atom is 0.414 e. The summed E-state index contributed by atoms with van der Waals surface area (Å²) in [5, 5.41) is 10.5. The van der Waals surface area contributed by atoms with Crippen LogP contribution in [0.5, 0.6) is 0 Å². The first-order valence-corrected chi connectivity index (χ1v) is 9.98. The Morgan fingerprint density at radius 2 is 2.16 bits per heavy atom. The first kappa shape index (κ1) is 19.8.